The molecule has 1 aliphatic heterocycles. The van der Waals surface area contributed by atoms with Crippen molar-refractivity contribution in [1.29, 1.82) is 0 Å². The molecule has 0 spiro atoms. The predicted molar refractivity (Wildman–Crippen MR) is 91.6 cm³/mol. The summed E-state index contributed by atoms with van der Waals surface area (Å²) in [7, 11) is 0. The Bertz CT molecular complexity index is 490. The summed E-state index contributed by atoms with van der Waals surface area (Å²) in [6.07, 6.45) is 3.60. The van der Waals surface area contributed by atoms with Gasteiger partial charge in [-0.25, -0.2) is 4.98 Å². The molecule has 2 heterocycles. The maximum Gasteiger partial charge on any atom is 0.133 e. The number of rotatable bonds is 2. The first-order valence-electron chi connectivity index (χ1n) is 7.85. The van der Waals surface area contributed by atoms with Crippen LogP contribution >= 0.6 is 11.6 Å². The third-order valence-corrected chi connectivity index (χ3v) is 4.58. The number of carbonyl (C=O) groups excluding carboxylic acids is 1. The van der Waals surface area contributed by atoms with Gasteiger partial charge < -0.3 is 4.90 Å². The van der Waals surface area contributed by atoms with E-state index >= 15 is 0 Å². The number of aromatic nitrogens is 1. The van der Waals surface area contributed by atoms with Crippen molar-refractivity contribution < 1.29 is 4.79 Å². The molecule has 3 rings (SSSR count). The van der Waals surface area contributed by atoms with Gasteiger partial charge in [0.25, 0.3) is 0 Å². The van der Waals surface area contributed by atoms with Crippen molar-refractivity contribution >= 4 is 23.2 Å². The Balaban J connectivity index is 0.000000847. The zero-order valence-corrected chi connectivity index (χ0v) is 13.8. The van der Waals surface area contributed by atoms with Crippen LogP contribution in [0.5, 0.6) is 0 Å². The van der Waals surface area contributed by atoms with Crippen LogP contribution in [-0.4, -0.2) is 47.9 Å². The molecule has 120 valence electrons. The van der Waals surface area contributed by atoms with E-state index in [1.165, 1.54) is 0 Å². The summed E-state index contributed by atoms with van der Waals surface area (Å²) in [4.78, 5) is 20.5. The lowest BCUT2D eigenvalue weighted by molar-refractivity contribution is -0.121. The van der Waals surface area contributed by atoms with Crippen LogP contribution in [0.3, 0.4) is 0 Å². The van der Waals surface area contributed by atoms with E-state index in [-0.39, 0.29) is 0 Å². The second-order valence-electron chi connectivity index (χ2n) is 5.61. The Morgan fingerprint density at radius 1 is 1.09 bits per heavy atom. The Morgan fingerprint density at radius 3 is 2.32 bits per heavy atom. The van der Waals surface area contributed by atoms with Gasteiger partial charge in [0.2, 0.25) is 0 Å². The van der Waals surface area contributed by atoms with Gasteiger partial charge in [-0.3, -0.25) is 9.69 Å². The molecule has 1 aliphatic carbocycles. The van der Waals surface area contributed by atoms with E-state index in [0.29, 0.717) is 17.0 Å². The fraction of sp³-hybridized carbons (Fsp3) is 0.529. The quantitative estimate of drug-likeness (QED) is 0.619. The topological polar surface area (TPSA) is 36.4 Å². The largest absolute Gasteiger partial charge is 0.354 e. The van der Waals surface area contributed by atoms with Crippen molar-refractivity contribution in [2.45, 2.75) is 31.7 Å². The van der Waals surface area contributed by atoms with Crippen LogP contribution in [-0.2, 0) is 4.79 Å². The van der Waals surface area contributed by atoms with Crippen LogP contribution in [0.15, 0.2) is 31.4 Å². The lowest BCUT2D eigenvalue weighted by Gasteiger charge is -2.40. The van der Waals surface area contributed by atoms with Crippen LogP contribution in [0.4, 0.5) is 5.82 Å². The van der Waals surface area contributed by atoms with Gasteiger partial charge in [-0.05, 0) is 25.0 Å². The molecule has 2 fully saturated rings. The molecule has 1 saturated heterocycles. The molecular formula is C17H24ClN3O. The fourth-order valence-corrected chi connectivity index (χ4v) is 3.34. The smallest absolute Gasteiger partial charge is 0.133 e. The van der Waals surface area contributed by atoms with Gasteiger partial charge >= 0.3 is 0 Å². The summed E-state index contributed by atoms with van der Waals surface area (Å²) in [5, 5.41) is 0.552. The Labute approximate surface area is 137 Å². The van der Waals surface area contributed by atoms with Crippen molar-refractivity contribution in [1.82, 2.24) is 9.88 Å². The summed E-state index contributed by atoms with van der Waals surface area (Å²) in [5.41, 5.74) is 0. The van der Waals surface area contributed by atoms with Crippen LogP contribution in [0.2, 0.25) is 5.15 Å². The number of halogens is 1. The van der Waals surface area contributed by atoms with E-state index in [0.717, 1.165) is 57.7 Å². The standard InChI is InChI=1S/C15H20ClN3O.C2H4/c16-14-2-1-3-15(17-14)19-10-8-18(9-11-19)12-4-6-13(20)7-5-12;1-2/h1-3,12H,4-11H2;1-2H2. The second kappa shape index (κ2) is 8.30. The highest BCUT2D eigenvalue weighted by atomic mass is 35.5. The number of ketones is 1. The lowest BCUT2D eigenvalue weighted by atomic mass is 9.93. The van der Waals surface area contributed by atoms with Crippen molar-refractivity contribution in [2.75, 3.05) is 31.1 Å². The van der Waals surface area contributed by atoms with Gasteiger partial charge in [-0.2, -0.15) is 0 Å². The zero-order valence-electron chi connectivity index (χ0n) is 13.0. The maximum absolute atomic E-state index is 11.3. The minimum Gasteiger partial charge on any atom is -0.354 e. The minimum absolute atomic E-state index is 0.433. The summed E-state index contributed by atoms with van der Waals surface area (Å²) < 4.78 is 0. The molecule has 2 aliphatic rings. The first kappa shape index (κ1) is 17.0. The normalized spacial score (nSPS) is 20.4. The van der Waals surface area contributed by atoms with Gasteiger partial charge in [-0.1, -0.05) is 17.7 Å². The molecule has 22 heavy (non-hydrogen) atoms. The summed E-state index contributed by atoms with van der Waals surface area (Å²) in [5.74, 6) is 1.40. The predicted octanol–water partition coefficient (Wildman–Crippen LogP) is 3.17. The molecule has 0 N–H and O–H groups in total. The van der Waals surface area contributed by atoms with Crippen LogP contribution in [0.1, 0.15) is 25.7 Å². The summed E-state index contributed by atoms with van der Waals surface area (Å²) in [6.45, 7) is 10.1. The summed E-state index contributed by atoms with van der Waals surface area (Å²) >= 11 is 5.95. The molecule has 0 atom stereocenters. The van der Waals surface area contributed by atoms with E-state index in [9.17, 15) is 4.79 Å². The van der Waals surface area contributed by atoms with Crippen molar-refractivity contribution in [3.8, 4) is 0 Å². The Hall–Kier alpha value is -1.39. The zero-order chi connectivity index (χ0) is 15.9. The number of pyridine rings is 1. The molecule has 4 nitrogen and oxygen atoms in total. The fourth-order valence-electron chi connectivity index (χ4n) is 3.18. The second-order valence-corrected chi connectivity index (χ2v) is 6.00. The first-order valence-corrected chi connectivity index (χ1v) is 8.23. The van der Waals surface area contributed by atoms with E-state index in [1.807, 2.05) is 12.1 Å². The first-order chi connectivity index (χ1) is 10.7. The van der Waals surface area contributed by atoms with E-state index in [2.05, 4.69) is 27.9 Å². The number of carbonyl (C=O) groups is 1. The molecule has 1 aromatic heterocycles. The molecular weight excluding hydrogens is 298 g/mol. The maximum atomic E-state index is 11.3. The number of piperazine rings is 1. The molecule has 5 heteroatoms. The highest BCUT2D eigenvalue weighted by Gasteiger charge is 2.27. The third kappa shape index (κ3) is 4.31. The van der Waals surface area contributed by atoms with Gasteiger partial charge in [0.15, 0.2) is 0 Å². The number of hydrogen-bond acceptors (Lipinski definition) is 4. The lowest BCUT2D eigenvalue weighted by Crippen LogP contribution is -2.51. The molecule has 1 aromatic rings. The van der Waals surface area contributed by atoms with Crippen LogP contribution in [0, 0.1) is 0 Å². The summed E-state index contributed by atoms with van der Waals surface area (Å²) in [6, 6.07) is 6.37. The average Bonchev–Trinajstić information content (AvgIpc) is 2.58. The molecule has 0 unspecified atom stereocenters. The van der Waals surface area contributed by atoms with E-state index in [4.69, 9.17) is 11.6 Å². The van der Waals surface area contributed by atoms with E-state index in [1.54, 1.807) is 6.07 Å². The molecule has 0 bridgehead atoms. The van der Waals surface area contributed by atoms with Gasteiger partial charge in [0, 0.05) is 45.1 Å². The van der Waals surface area contributed by atoms with Crippen molar-refractivity contribution in [3.05, 3.63) is 36.5 Å². The minimum atomic E-state index is 0.433. The molecule has 0 aromatic carbocycles. The molecule has 0 radical (unpaired) electrons. The van der Waals surface area contributed by atoms with Crippen LogP contribution < -0.4 is 4.90 Å². The third-order valence-electron chi connectivity index (χ3n) is 4.37. The number of nitrogens with zero attached hydrogens (tertiary/aromatic N) is 3. The van der Waals surface area contributed by atoms with Crippen LogP contribution in [0.25, 0.3) is 0 Å². The highest BCUT2D eigenvalue weighted by molar-refractivity contribution is 6.29. The van der Waals surface area contributed by atoms with E-state index < -0.39 is 0 Å². The van der Waals surface area contributed by atoms with Crippen molar-refractivity contribution in [3.63, 3.8) is 0 Å². The SMILES string of the molecule is C=C.O=C1CCC(N2CCN(c3cccc(Cl)n3)CC2)CC1. The van der Waals surface area contributed by atoms with Gasteiger partial charge in [0.05, 0.1) is 0 Å². The Kier molecular flexibility index (Phi) is 6.40. The Morgan fingerprint density at radius 2 is 1.73 bits per heavy atom. The molecule has 0 amide bonds. The number of Topliss-reactive ketones (excluding diaryl/α,β-unsaturated/α-hetero) is 1. The highest BCUT2D eigenvalue weighted by Crippen LogP contribution is 2.23. The molecule has 1 saturated carbocycles. The number of hydrogen-bond donors (Lipinski definition) is 0. The van der Waals surface area contributed by atoms with Gasteiger partial charge in [-0.15, -0.1) is 13.2 Å². The van der Waals surface area contributed by atoms with Gasteiger partial charge in [0.1, 0.15) is 16.8 Å². The monoisotopic (exact) mass is 321 g/mol. The van der Waals surface area contributed by atoms with Crippen molar-refractivity contribution in [2.24, 2.45) is 0 Å². The number of anilines is 1. The average molecular weight is 322 g/mol.